The summed E-state index contributed by atoms with van der Waals surface area (Å²) in [6.45, 7) is -0.981. The van der Waals surface area contributed by atoms with Gasteiger partial charge < -0.3 is 4.90 Å². The second-order valence-electron chi connectivity index (χ2n) is 6.52. The highest BCUT2D eigenvalue weighted by Crippen LogP contribution is 2.37. The van der Waals surface area contributed by atoms with Gasteiger partial charge >= 0.3 is 6.18 Å². The van der Waals surface area contributed by atoms with E-state index in [0.717, 1.165) is 10.4 Å². The molecular formula is C17H13F6N3O4S. The fourth-order valence-corrected chi connectivity index (χ4v) is 4.61. The molecule has 0 bridgehead atoms. The molecule has 2 aromatic carbocycles. The van der Waals surface area contributed by atoms with Crippen LogP contribution in [0.5, 0.6) is 0 Å². The van der Waals surface area contributed by atoms with Crippen molar-refractivity contribution in [2.75, 3.05) is 31.1 Å². The molecule has 2 aromatic rings. The molecule has 0 spiro atoms. The Balaban J connectivity index is 1.84. The summed E-state index contributed by atoms with van der Waals surface area (Å²) in [6.07, 6.45) is -4.79. The summed E-state index contributed by atoms with van der Waals surface area (Å²) in [5.74, 6) is -5.38. The summed E-state index contributed by atoms with van der Waals surface area (Å²) >= 11 is 0. The van der Waals surface area contributed by atoms with Crippen LogP contribution in [0.15, 0.2) is 35.2 Å². The maximum absolute atomic E-state index is 13.9. The van der Waals surface area contributed by atoms with Crippen LogP contribution < -0.4 is 4.90 Å². The van der Waals surface area contributed by atoms with Gasteiger partial charge in [-0.25, -0.2) is 21.6 Å². The van der Waals surface area contributed by atoms with Gasteiger partial charge in [-0.3, -0.25) is 10.1 Å². The number of anilines is 1. The van der Waals surface area contributed by atoms with E-state index in [1.54, 1.807) is 0 Å². The summed E-state index contributed by atoms with van der Waals surface area (Å²) < 4.78 is 105. The van der Waals surface area contributed by atoms with Crippen LogP contribution in [0.4, 0.5) is 37.7 Å². The van der Waals surface area contributed by atoms with E-state index in [2.05, 4.69) is 0 Å². The molecule has 0 atom stereocenters. The number of nitro benzene ring substituents is 1. The third-order valence-electron chi connectivity index (χ3n) is 4.70. The maximum atomic E-state index is 13.9. The normalized spacial score (nSPS) is 15.9. The number of benzene rings is 2. The van der Waals surface area contributed by atoms with Gasteiger partial charge in [-0.2, -0.15) is 17.5 Å². The third-order valence-corrected chi connectivity index (χ3v) is 6.61. The number of nitrogens with zero attached hydrogens (tertiary/aromatic N) is 3. The number of nitro groups is 1. The maximum Gasteiger partial charge on any atom is 0.416 e. The van der Waals surface area contributed by atoms with Crippen molar-refractivity contribution in [2.24, 2.45) is 0 Å². The molecule has 0 saturated carbocycles. The van der Waals surface area contributed by atoms with E-state index in [-0.39, 0.29) is 31.9 Å². The van der Waals surface area contributed by atoms with Crippen LogP contribution in [-0.2, 0) is 16.2 Å². The van der Waals surface area contributed by atoms with Gasteiger partial charge in [0.2, 0.25) is 10.0 Å². The van der Waals surface area contributed by atoms with Crippen molar-refractivity contribution in [2.45, 2.75) is 11.1 Å². The minimum Gasteiger partial charge on any atom is -0.363 e. The van der Waals surface area contributed by atoms with Gasteiger partial charge in [0.15, 0.2) is 17.5 Å². The second-order valence-corrected chi connectivity index (χ2v) is 8.43. The molecule has 0 radical (unpaired) electrons. The molecule has 0 aliphatic carbocycles. The van der Waals surface area contributed by atoms with E-state index in [9.17, 15) is 44.9 Å². The van der Waals surface area contributed by atoms with Crippen LogP contribution in [0.3, 0.4) is 0 Å². The predicted molar refractivity (Wildman–Crippen MR) is 95.4 cm³/mol. The molecule has 168 valence electrons. The molecule has 7 nitrogen and oxygen atoms in total. The van der Waals surface area contributed by atoms with Crippen LogP contribution in [0.2, 0.25) is 0 Å². The van der Waals surface area contributed by atoms with Crippen molar-refractivity contribution < 1.29 is 39.7 Å². The molecule has 14 heteroatoms. The molecular weight excluding hydrogens is 456 g/mol. The highest BCUT2D eigenvalue weighted by Gasteiger charge is 2.36. The summed E-state index contributed by atoms with van der Waals surface area (Å²) in [7, 11) is -4.55. The summed E-state index contributed by atoms with van der Waals surface area (Å²) in [5.41, 5.74) is -2.16. The van der Waals surface area contributed by atoms with Crippen LogP contribution in [0.25, 0.3) is 0 Å². The lowest BCUT2D eigenvalue weighted by molar-refractivity contribution is -0.384. The van der Waals surface area contributed by atoms with Crippen LogP contribution >= 0.6 is 0 Å². The van der Waals surface area contributed by atoms with Crippen LogP contribution in [0, 0.1) is 27.6 Å². The van der Waals surface area contributed by atoms with Crippen molar-refractivity contribution in [3.8, 4) is 0 Å². The Kier molecular flexibility index (Phi) is 5.88. The number of rotatable bonds is 4. The van der Waals surface area contributed by atoms with Gasteiger partial charge in [-0.05, 0) is 24.3 Å². The monoisotopic (exact) mass is 469 g/mol. The highest BCUT2D eigenvalue weighted by molar-refractivity contribution is 7.89. The van der Waals surface area contributed by atoms with Crippen molar-refractivity contribution in [1.29, 1.82) is 0 Å². The van der Waals surface area contributed by atoms with Gasteiger partial charge in [0.1, 0.15) is 10.6 Å². The molecule has 1 fully saturated rings. The van der Waals surface area contributed by atoms with E-state index in [1.807, 2.05) is 0 Å². The predicted octanol–water partition coefficient (Wildman–Crippen LogP) is 3.54. The number of hydrogen-bond acceptors (Lipinski definition) is 5. The zero-order valence-electron chi connectivity index (χ0n) is 15.4. The molecule has 1 saturated heterocycles. The lowest BCUT2D eigenvalue weighted by Gasteiger charge is -2.35. The topological polar surface area (TPSA) is 83.8 Å². The zero-order valence-corrected chi connectivity index (χ0v) is 16.2. The molecule has 0 aromatic heterocycles. The average molecular weight is 469 g/mol. The Morgan fingerprint density at radius 1 is 0.935 bits per heavy atom. The van der Waals surface area contributed by atoms with Crippen LogP contribution in [-0.4, -0.2) is 43.8 Å². The molecule has 0 amide bonds. The van der Waals surface area contributed by atoms with Gasteiger partial charge in [-0.15, -0.1) is 0 Å². The molecule has 0 N–H and O–H groups in total. The molecule has 1 aliphatic rings. The van der Waals surface area contributed by atoms with Gasteiger partial charge in [0, 0.05) is 32.2 Å². The number of piperazine rings is 1. The first kappa shape index (κ1) is 22.8. The third kappa shape index (κ3) is 4.30. The Morgan fingerprint density at radius 3 is 2.10 bits per heavy atom. The summed E-state index contributed by atoms with van der Waals surface area (Å²) in [5, 5.41) is 11.2. The first-order valence-electron chi connectivity index (χ1n) is 8.58. The quantitative estimate of drug-likeness (QED) is 0.296. The van der Waals surface area contributed by atoms with Crippen LogP contribution in [0.1, 0.15) is 5.56 Å². The molecule has 3 rings (SSSR count). The van der Waals surface area contributed by atoms with Gasteiger partial charge in [0.05, 0.1) is 10.5 Å². The number of alkyl halides is 3. The fourth-order valence-electron chi connectivity index (χ4n) is 3.13. The second kappa shape index (κ2) is 8.00. The number of halogens is 6. The first-order valence-corrected chi connectivity index (χ1v) is 10.0. The minimum absolute atomic E-state index is 0.144. The standard InChI is InChI=1S/C17H13F6N3O4S/c18-11-2-4-14(16(20)15(11)19)31(29,30)25-7-5-24(6-8-25)12-3-1-10(17(21,22)23)9-13(12)26(27)28/h1-4,9H,5-8H2. The minimum atomic E-state index is -4.79. The van der Waals surface area contributed by atoms with Crippen molar-refractivity contribution >= 4 is 21.4 Å². The lowest BCUT2D eigenvalue weighted by atomic mass is 10.1. The Hall–Kier alpha value is -2.87. The Bertz CT molecular complexity index is 1130. The molecule has 0 unspecified atom stereocenters. The van der Waals surface area contributed by atoms with E-state index in [4.69, 9.17) is 0 Å². The smallest absolute Gasteiger partial charge is 0.363 e. The highest BCUT2D eigenvalue weighted by atomic mass is 32.2. The summed E-state index contributed by atoms with van der Waals surface area (Å²) in [6, 6.07) is 3.01. The lowest BCUT2D eigenvalue weighted by Crippen LogP contribution is -2.49. The molecule has 1 heterocycles. The summed E-state index contributed by atoms with van der Waals surface area (Å²) in [4.78, 5) is 10.5. The van der Waals surface area contributed by atoms with E-state index in [1.165, 1.54) is 4.90 Å². The SMILES string of the molecule is O=[N+]([O-])c1cc(C(F)(F)F)ccc1N1CCN(S(=O)(=O)c2ccc(F)c(F)c2F)CC1. The van der Waals surface area contributed by atoms with Crippen molar-refractivity contribution in [1.82, 2.24) is 4.31 Å². The Morgan fingerprint density at radius 2 is 1.55 bits per heavy atom. The van der Waals surface area contributed by atoms with Gasteiger partial charge in [-0.1, -0.05) is 0 Å². The van der Waals surface area contributed by atoms with Gasteiger partial charge in [0.25, 0.3) is 5.69 Å². The largest absolute Gasteiger partial charge is 0.416 e. The Labute approximate surface area is 171 Å². The zero-order chi connectivity index (χ0) is 23.1. The van der Waals surface area contributed by atoms with E-state index < -0.39 is 54.7 Å². The number of hydrogen-bond donors (Lipinski definition) is 0. The van der Waals surface area contributed by atoms with Crippen molar-refractivity contribution in [3.63, 3.8) is 0 Å². The van der Waals surface area contributed by atoms with E-state index >= 15 is 0 Å². The number of sulfonamides is 1. The first-order chi connectivity index (χ1) is 14.3. The average Bonchev–Trinajstić information content (AvgIpc) is 2.70. The molecule has 1 aliphatic heterocycles. The van der Waals surface area contributed by atoms with E-state index in [0.29, 0.717) is 24.3 Å². The van der Waals surface area contributed by atoms with Crippen molar-refractivity contribution in [3.05, 3.63) is 63.5 Å². The molecule has 31 heavy (non-hydrogen) atoms. The fraction of sp³-hybridized carbons (Fsp3) is 0.294.